The van der Waals surface area contributed by atoms with Gasteiger partial charge in [-0.05, 0) is 28.7 Å². The molecule has 27 heavy (non-hydrogen) atoms. The van der Waals surface area contributed by atoms with Crippen molar-refractivity contribution < 1.29 is 0 Å². The van der Waals surface area contributed by atoms with Crippen molar-refractivity contribution in [3.8, 4) is 11.1 Å². The number of hydrogen-bond acceptors (Lipinski definition) is 5. The molecule has 0 spiro atoms. The predicted molar refractivity (Wildman–Crippen MR) is 113 cm³/mol. The summed E-state index contributed by atoms with van der Waals surface area (Å²) in [5.41, 5.74) is 4.81. The molecule has 4 aromatic rings. The number of nitrogens with zero attached hydrogens (tertiary/aromatic N) is 3. The molecule has 1 N–H and O–H groups in total. The molecule has 0 fully saturated rings. The molecule has 0 saturated heterocycles. The first-order valence-electron chi connectivity index (χ1n) is 8.99. The zero-order chi connectivity index (χ0) is 18.9. The van der Waals surface area contributed by atoms with Gasteiger partial charge in [-0.25, -0.2) is 9.97 Å². The van der Waals surface area contributed by atoms with Crippen molar-refractivity contribution in [2.75, 3.05) is 5.32 Å². The summed E-state index contributed by atoms with van der Waals surface area (Å²) < 4.78 is 0. The van der Waals surface area contributed by atoms with Crippen LogP contribution in [0.1, 0.15) is 32.0 Å². The van der Waals surface area contributed by atoms with E-state index in [1.807, 2.05) is 18.2 Å². The quantitative estimate of drug-likeness (QED) is 0.500. The topological polar surface area (TPSA) is 50.7 Å². The minimum Gasteiger partial charge on any atom is -0.364 e. The summed E-state index contributed by atoms with van der Waals surface area (Å²) in [5, 5.41) is 6.66. The van der Waals surface area contributed by atoms with Gasteiger partial charge in [0.25, 0.3) is 0 Å². The van der Waals surface area contributed by atoms with Crippen molar-refractivity contribution in [3.05, 3.63) is 71.6 Å². The minimum atomic E-state index is 0.147. The fourth-order valence-corrected chi connectivity index (χ4v) is 3.96. The van der Waals surface area contributed by atoms with Crippen molar-refractivity contribution in [2.45, 2.75) is 32.7 Å². The average Bonchev–Trinajstić information content (AvgIpc) is 3.11. The molecule has 4 nitrogen and oxygen atoms in total. The second kappa shape index (κ2) is 7.08. The van der Waals surface area contributed by atoms with Crippen LogP contribution in [0.3, 0.4) is 0 Å². The number of hydrogen-bond donors (Lipinski definition) is 1. The maximum Gasteiger partial charge on any atom is 0.139 e. The summed E-state index contributed by atoms with van der Waals surface area (Å²) in [5.74, 6) is 0.849. The number of rotatable bonds is 4. The van der Waals surface area contributed by atoms with Gasteiger partial charge in [0.1, 0.15) is 17.0 Å². The molecule has 0 bridgehead atoms. The number of anilines is 1. The molecule has 3 heterocycles. The van der Waals surface area contributed by atoms with E-state index in [9.17, 15) is 0 Å². The molecule has 3 aromatic heterocycles. The Bertz CT molecular complexity index is 1050. The molecule has 0 unspecified atom stereocenters. The van der Waals surface area contributed by atoms with E-state index in [-0.39, 0.29) is 5.41 Å². The van der Waals surface area contributed by atoms with Crippen LogP contribution in [0, 0.1) is 0 Å². The highest BCUT2D eigenvalue weighted by molar-refractivity contribution is 7.17. The lowest BCUT2D eigenvalue weighted by Gasteiger charge is -2.19. The molecule has 1 aromatic carbocycles. The van der Waals surface area contributed by atoms with E-state index in [0.29, 0.717) is 6.54 Å². The molecule has 0 saturated carbocycles. The third-order valence-electron chi connectivity index (χ3n) is 4.60. The summed E-state index contributed by atoms with van der Waals surface area (Å²) >= 11 is 1.65. The van der Waals surface area contributed by atoms with Gasteiger partial charge in [0.2, 0.25) is 0 Å². The van der Waals surface area contributed by atoms with Crippen LogP contribution in [0.15, 0.2) is 60.4 Å². The van der Waals surface area contributed by atoms with Crippen molar-refractivity contribution in [2.24, 2.45) is 0 Å². The normalized spacial score (nSPS) is 11.7. The Morgan fingerprint density at radius 2 is 1.78 bits per heavy atom. The maximum absolute atomic E-state index is 4.49. The number of fused-ring (bicyclic) bond motifs is 1. The van der Waals surface area contributed by atoms with E-state index in [1.54, 1.807) is 23.9 Å². The Balaban J connectivity index is 1.70. The summed E-state index contributed by atoms with van der Waals surface area (Å²) in [6.07, 6.45) is 3.42. The molecule has 0 aliphatic rings. The SMILES string of the molecule is CC(C)(C)c1ccc(-c2csc3ncnc(NCc4ccccn4)c23)cc1. The molecule has 0 atom stereocenters. The predicted octanol–water partition coefficient (Wildman–Crippen LogP) is 5.66. The van der Waals surface area contributed by atoms with Crippen LogP contribution in [0.25, 0.3) is 21.3 Å². The van der Waals surface area contributed by atoms with Gasteiger partial charge in [-0.1, -0.05) is 51.1 Å². The molecule has 4 rings (SSSR count). The van der Waals surface area contributed by atoms with Crippen molar-refractivity contribution >= 4 is 27.4 Å². The zero-order valence-electron chi connectivity index (χ0n) is 15.7. The van der Waals surface area contributed by atoms with Crippen molar-refractivity contribution in [1.29, 1.82) is 0 Å². The first-order chi connectivity index (χ1) is 13.0. The van der Waals surface area contributed by atoms with Crippen LogP contribution >= 0.6 is 11.3 Å². The zero-order valence-corrected chi connectivity index (χ0v) is 16.5. The lowest BCUT2D eigenvalue weighted by molar-refractivity contribution is 0.590. The van der Waals surface area contributed by atoms with Gasteiger partial charge in [0.15, 0.2) is 0 Å². The van der Waals surface area contributed by atoms with E-state index >= 15 is 0 Å². The van der Waals surface area contributed by atoms with Crippen LogP contribution in [0.5, 0.6) is 0 Å². The fraction of sp³-hybridized carbons (Fsp3) is 0.227. The van der Waals surface area contributed by atoms with Crippen LogP contribution < -0.4 is 5.32 Å². The van der Waals surface area contributed by atoms with Gasteiger partial charge >= 0.3 is 0 Å². The molecule has 0 amide bonds. The monoisotopic (exact) mass is 374 g/mol. The van der Waals surface area contributed by atoms with Gasteiger partial charge in [0.05, 0.1) is 17.6 Å². The van der Waals surface area contributed by atoms with E-state index in [1.165, 1.54) is 16.7 Å². The standard InChI is InChI=1S/C22H22N4S/c1-22(2,3)16-9-7-15(8-10-16)18-13-27-21-19(18)20(25-14-26-21)24-12-17-6-4-5-11-23-17/h4-11,13-14H,12H2,1-3H3,(H,24,25,26). The summed E-state index contributed by atoms with van der Waals surface area (Å²) in [6.45, 7) is 7.33. The number of thiophene rings is 1. The summed E-state index contributed by atoms with van der Waals surface area (Å²) in [4.78, 5) is 14.3. The van der Waals surface area contributed by atoms with Crippen LogP contribution in [0.4, 0.5) is 5.82 Å². The molecule has 0 radical (unpaired) electrons. The second-order valence-electron chi connectivity index (χ2n) is 7.55. The molecule has 0 aliphatic carbocycles. The Labute approximate surface area is 163 Å². The number of aromatic nitrogens is 3. The van der Waals surface area contributed by atoms with Crippen molar-refractivity contribution in [3.63, 3.8) is 0 Å². The maximum atomic E-state index is 4.49. The summed E-state index contributed by atoms with van der Waals surface area (Å²) in [7, 11) is 0. The minimum absolute atomic E-state index is 0.147. The van der Waals surface area contributed by atoms with Crippen LogP contribution in [-0.4, -0.2) is 15.0 Å². The molecular formula is C22H22N4S. The highest BCUT2D eigenvalue weighted by Gasteiger charge is 2.16. The highest BCUT2D eigenvalue weighted by Crippen LogP contribution is 2.37. The molecule has 136 valence electrons. The second-order valence-corrected chi connectivity index (χ2v) is 8.41. The number of nitrogens with one attached hydrogen (secondary N) is 1. The van der Waals surface area contributed by atoms with Gasteiger partial charge in [-0.3, -0.25) is 4.98 Å². The first-order valence-corrected chi connectivity index (χ1v) is 9.87. The average molecular weight is 375 g/mol. The molecule has 0 aliphatic heterocycles. The summed E-state index contributed by atoms with van der Waals surface area (Å²) in [6, 6.07) is 14.7. The van der Waals surface area contributed by atoms with E-state index in [4.69, 9.17) is 0 Å². The van der Waals surface area contributed by atoms with Crippen molar-refractivity contribution in [1.82, 2.24) is 15.0 Å². The van der Waals surface area contributed by atoms with E-state index < -0.39 is 0 Å². The lowest BCUT2D eigenvalue weighted by atomic mass is 9.86. The van der Waals surface area contributed by atoms with Crippen LogP contribution in [-0.2, 0) is 12.0 Å². The third-order valence-corrected chi connectivity index (χ3v) is 5.48. The van der Waals surface area contributed by atoms with Crippen LogP contribution in [0.2, 0.25) is 0 Å². The van der Waals surface area contributed by atoms with Gasteiger partial charge in [-0.2, -0.15) is 0 Å². The Hall–Kier alpha value is -2.79. The highest BCUT2D eigenvalue weighted by atomic mass is 32.1. The van der Waals surface area contributed by atoms with Gasteiger partial charge in [0, 0.05) is 17.1 Å². The molecule has 5 heteroatoms. The van der Waals surface area contributed by atoms with E-state index in [2.05, 4.69) is 70.7 Å². The third kappa shape index (κ3) is 3.69. The Kier molecular flexibility index (Phi) is 4.62. The fourth-order valence-electron chi connectivity index (χ4n) is 3.05. The number of benzene rings is 1. The lowest BCUT2D eigenvalue weighted by Crippen LogP contribution is -2.10. The van der Waals surface area contributed by atoms with E-state index in [0.717, 1.165) is 21.7 Å². The Morgan fingerprint density at radius 1 is 0.963 bits per heavy atom. The smallest absolute Gasteiger partial charge is 0.139 e. The number of pyridine rings is 1. The molecular weight excluding hydrogens is 352 g/mol. The van der Waals surface area contributed by atoms with Gasteiger partial charge < -0.3 is 5.32 Å². The van der Waals surface area contributed by atoms with Gasteiger partial charge in [-0.15, -0.1) is 11.3 Å². The first kappa shape index (κ1) is 17.6. The Morgan fingerprint density at radius 3 is 2.48 bits per heavy atom. The largest absolute Gasteiger partial charge is 0.364 e.